The van der Waals surface area contributed by atoms with Gasteiger partial charge in [0.05, 0.1) is 5.69 Å². The van der Waals surface area contributed by atoms with Crippen LogP contribution in [0.3, 0.4) is 0 Å². The summed E-state index contributed by atoms with van der Waals surface area (Å²) in [6.07, 6.45) is 3.53. The molecule has 2 heterocycles. The molecule has 0 aliphatic carbocycles. The van der Waals surface area contributed by atoms with Crippen LogP contribution in [0.2, 0.25) is 0 Å². The Labute approximate surface area is 200 Å². The van der Waals surface area contributed by atoms with E-state index in [2.05, 4.69) is 40.0 Å². The summed E-state index contributed by atoms with van der Waals surface area (Å²) in [7, 11) is 1.71. The van der Waals surface area contributed by atoms with Crippen LogP contribution in [0.15, 0.2) is 40.7 Å². The minimum atomic E-state index is 0. The Hall–Kier alpha value is -1.68. The molecule has 30 heavy (non-hydrogen) atoms. The fourth-order valence-electron chi connectivity index (χ4n) is 3.55. The average Bonchev–Trinajstić information content (AvgIpc) is 3.23. The lowest BCUT2D eigenvalue weighted by atomic mass is 9.93. The van der Waals surface area contributed by atoms with Crippen molar-refractivity contribution >= 4 is 47.2 Å². The standard InChI is InChI=1S/C22H31N5OS.HI/c1-3-24-22(27-13-10-17(11-14-27)15-20(28)23-2)25-12-9-19-16-29-21(26-19)18-7-5-4-6-8-18;/h4-8,16-17H,3,9-15H2,1-2H3,(H,23,28)(H,24,25);1H. The largest absolute Gasteiger partial charge is 0.359 e. The Morgan fingerprint density at radius 2 is 2.00 bits per heavy atom. The smallest absolute Gasteiger partial charge is 0.220 e. The third-order valence-electron chi connectivity index (χ3n) is 5.20. The summed E-state index contributed by atoms with van der Waals surface area (Å²) in [5.41, 5.74) is 2.26. The minimum absolute atomic E-state index is 0. The van der Waals surface area contributed by atoms with E-state index < -0.39 is 0 Å². The number of hydrogen-bond donors (Lipinski definition) is 2. The first kappa shape index (κ1) is 24.6. The van der Waals surface area contributed by atoms with E-state index in [1.54, 1.807) is 18.4 Å². The molecule has 1 aliphatic heterocycles. The predicted octanol–water partition coefficient (Wildman–Crippen LogP) is 3.78. The van der Waals surface area contributed by atoms with Crippen molar-refractivity contribution in [3.63, 3.8) is 0 Å². The molecule has 0 bridgehead atoms. The van der Waals surface area contributed by atoms with E-state index >= 15 is 0 Å². The molecule has 0 radical (unpaired) electrons. The molecule has 2 N–H and O–H groups in total. The molecular weight excluding hydrogens is 509 g/mol. The first-order valence-electron chi connectivity index (χ1n) is 10.4. The number of thiazole rings is 1. The van der Waals surface area contributed by atoms with Crippen molar-refractivity contribution in [3.8, 4) is 10.6 Å². The van der Waals surface area contributed by atoms with Crippen molar-refractivity contribution in [2.24, 2.45) is 10.9 Å². The van der Waals surface area contributed by atoms with Crippen molar-refractivity contribution in [2.45, 2.75) is 32.6 Å². The van der Waals surface area contributed by atoms with Crippen LogP contribution in [-0.4, -0.2) is 55.0 Å². The number of carbonyl (C=O) groups is 1. The van der Waals surface area contributed by atoms with E-state index in [-0.39, 0.29) is 29.9 Å². The third kappa shape index (κ3) is 7.23. The molecule has 1 aromatic heterocycles. The topological polar surface area (TPSA) is 69.6 Å². The first-order chi connectivity index (χ1) is 14.2. The van der Waals surface area contributed by atoms with Gasteiger partial charge < -0.3 is 15.5 Å². The summed E-state index contributed by atoms with van der Waals surface area (Å²) in [5.74, 6) is 1.59. The van der Waals surface area contributed by atoms with Gasteiger partial charge in [-0.15, -0.1) is 35.3 Å². The molecule has 2 aromatic rings. The number of carbonyl (C=O) groups excluding carboxylic acids is 1. The molecule has 1 amide bonds. The Morgan fingerprint density at radius 3 is 2.67 bits per heavy atom. The second-order valence-corrected chi connectivity index (χ2v) is 8.16. The van der Waals surface area contributed by atoms with E-state index in [0.717, 1.165) is 62.1 Å². The third-order valence-corrected chi connectivity index (χ3v) is 6.14. The summed E-state index contributed by atoms with van der Waals surface area (Å²) in [6.45, 7) is 5.56. The molecule has 1 saturated heterocycles. The fraction of sp³-hybridized carbons (Fsp3) is 0.500. The number of halogens is 1. The van der Waals surface area contributed by atoms with Gasteiger partial charge in [-0.3, -0.25) is 9.79 Å². The van der Waals surface area contributed by atoms with Crippen LogP contribution < -0.4 is 10.6 Å². The van der Waals surface area contributed by atoms with Gasteiger partial charge >= 0.3 is 0 Å². The predicted molar refractivity (Wildman–Crippen MR) is 136 cm³/mol. The van der Waals surface area contributed by atoms with Gasteiger partial charge in [0, 0.05) is 57.0 Å². The molecular formula is C22H32IN5OS. The zero-order chi connectivity index (χ0) is 20.5. The summed E-state index contributed by atoms with van der Waals surface area (Å²) in [6, 6.07) is 10.3. The lowest BCUT2D eigenvalue weighted by molar-refractivity contribution is -0.121. The van der Waals surface area contributed by atoms with Crippen LogP contribution in [0.4, 0.5) is 0 Å². The zero-order valence-corrected chi connectivity index (χ0v) is 20.9. The van der Waals surface area contributed by atoms with Crippen LogP contribution >= 0.6 is 35.3 Å². The number of benzene rings is 1. The number of aliphatic imine (C=N–C) groups is 1. The Morgan fingerprint density at radius 1 is 1.27 bits per heavy atom. The molecule has 3 rings (SSSR count). The number of guanidine groups is 1. The van der Waals surface area contributed by atoms with Gasteiger partial charge in [0.15, 0.2) is 5.96 Å². The summed E-state index contributed by atoms with van der Waals surface area (Å²) in [4.78, 5) is 23.5. The average molecular weight is 542 g/mol. The monoisotopic (exact) mass is 541 g/mol. The lowest BCUT2D eigenvalue weighted by Gasteiger charge is -2.34. The van der Waals surface area contributed by atoms with Gasteiger partial charge in [0.2, 0.25) is 5.91 Å². The van der Waals surface area contributed by atoms with Crippen LogP contribution in [0.25, 0.3) is 10.6 Å². The van der Waals surface area contributed by atoms with Gasteiger partial charge in [-0.05, 0) is 25.7 Å². The van der Waals surface area contributed by atoms with Crippen molar-refractivity contribution in [1.82, 2.24) is 20.5 Å². The summed E-state index contributed by atoms with van der Waals surface area (Å²) < 4.78 is 0. The van der Waals surface area contributed by atoms with Crippen LogP contribution in [0.1, 0.15) is 31.9 Å². The van der Waals surface area contributed by atoms with Crippen LogP contribution in [0, 0.1) is 5.92 Å². The number of nitrogens with one attached hydrogen (secondary N) is 2. The van der Waals surface area contributed by atoms with Gasteiger partial charge in [0.1, 0.15) is 5.01 Å². The van der Waals surface area contributed by atoms with E-state index in [4.69, 9.17) is 9.98 Å². The molecule has 8 heteroatoms. The SMILES string of the molecule is CCNC(=NCCc1csc(-c2ccccc2)n1)N1CCC(CC(=O)NC)CC1.I. The maximum atomic E-state index is 11.6. The highest BCUT2D eigenvalue weighted by molar-refractivity contribution is 14.0. The molecule has 164 valence electrons. The van der Waals surface area contributed by atoms with Crippen LogP contribution in [0.5, 0.6) is 0 Å². The van der Waals surface area contributed by atoms with Crippen molar-refractivity contribution in [2.75, 3.05) is 33.2 Å². The molecule has 1 aromatic carbocycles. The Bertz CT molecular complexity index is 803. The number of aromatic nitrogens is 1. The van der Waals surface area contributed by atoms with E-state index in [1.165, 1.54) is 5.56 Å². The van der Waals surface area contributed by atoms with Crippen LogP contribution in [-0.2, 0) is 11.2 Å². The molecule has 0 saturated carbocycles. The summed E-state index contributed by atoms with van der Waals surface area (Å²) >= 11 is 1.69. The van der Waals surface area contributed by atoms with Gasteiger partial charge in [-0.25, -0.2) is 4.98 Å². The number of nitrogens with zero attached hydrogens (tertiary/aromatic N) is 3. The van der Waals surface area contributed by atoms with Crippen molar-refractivity contribution in [1.29, 1.82) is 0 Å². The highest BCUT2D eigenvalue weighted by Gasteiger charge is 2.23. The molecule has 1 aliphatic rings. The van der Waals surface area contributed by atoms with Gasteiger partial charge in [-0.2, -0.15) is 0 Å². The van der Waals surface area contributed by atoms with Crippen molar-refractivity contribution in [3.05, 3.63) is 41.4 Å². The Balaban J connectivity index is 0.00000320. The Kier molecular flexibility index (Phi) is 10.6. The summed E-state index contributed by atoms with van der Waals surface area (Å²) in [5, 5.41) is 9.34. The maximum absolute atomic E-state index is 11.6. The van der Waals surface area contributed by atoms with Gasteiger partial charge in [-0.1, -0.05) is 30.3 Å². The number of amides is 1. The van der Waals surface area contributed by atoms with E-state index in [1.807, 2.05) is 18.2 Å². The van der Waals surface area contributed by atoms with E-state index in [0.29, 0.717) is 12.3 Å². The second kappa shape index (κ2) is 12.9. The number of hydrogen-bond acceptors (Lipinski definition) is 4. The minimum Gasteiger partial charge on any atom is -0.359 e. The highest BCUT2D eigenvalue weighted by atomic mass is 127. The molecule has 0 unspecified atom stereocenters. The molecule has 6 nitrogen and oxygen atoms in total. The molecule has 0 spiro atoms. The van der Waals surface area contributed by atoms with Gasteiger partial charge in [0.25, 0.3) is 0 Å². The zero-order valence-electron chi connectivity index (χ0n) is 17.8. The molecule has 1 fully saturated rings. The first-order valence-corrected chi connectivity index (χ1v) is 11.3. The number of piperidine rings is 1. The quantitative estimate of drug-likeness (QED) is 0.318. The second-order valence-electron chi connectivity index (χ2n) is 7.30. The lowest BCUT2D eigenvalue weighted by Crippen LogP contribution is -2.46. The number of likely N-dealkylation sites (tertiary alicyclic amines) is 1. The normalized spacial score (nSPS) is 14.9. The number of rotatable bonds is 7. The van der Waals surface area contributed by atoms with Crippen molar-refractivity contribution < 1.29 is 4.79 Å². The van der Waals surface area contributed by atoms with E-state index in [9.17, 15) is 4.79 Å². The maximum Gasteiger partial charge on any atom is 0.220 e. The highest BCUT2D eigenvalue weighted by Crippen LogP contribution is 2.23. The molecule has 0 atom stereocenters. The fourth-order valence-corrected chi connectivity index (χ4v) is 4.41.